The van der Waals surface area contributed by atoms with Crippen LogP contribution in [0.25, 0.3) is 22.4 Å². The van der Waals surface area contributed by atoms with E-state index in [1.165, 1.54) is 11.3 Å². The summed E-state index contributed by atoms with van der Waals surface area (Å²) in [4.78, 5) is 14.3. The third-order valence-corrected chi connectivity index (χ3v) is 3.76. The maximum Gasteiger partial charge on any atom is 0.138 e. The Morgan fingerprint density at radius 1 is 1.26 bits per heavy atom. The van der Waals surface area contributed by atoms with Gasteiger partial charge in [-0.3, -0.25) is 4.98 Å². The van der Waals surface area contributed by atoms with E-state index in [4.69, 9.17) is 0 Å². The topological polar surface area (TPSA) is 44.8 Å². The van der Waals surface area contributed by atoms with Crippen LogP contribution >= 0.6 is 0 Å². The standard InChI is InChI=1S/C15H14N4/c1-19-7-5-10-8-11(2-3-14(10)19)15-17-12-4-6-16-9-13(12)18-15/h2-4,6,8-9H,5,7H2,1H3,(H,17,18). The summed E-state index contributed by atoms with van der Waals surface area (Å²) >= 11 is 0. The molecule has 1 N–H and O–H groups in total. The normalized spacial score (nSPS) is 14.1. The summed E-state index contributed by atoms with van der Waals surface area (Å²) in [7, 11) is 2.14. The molecule has 0 unspecified atom stereocenters. The fourth-order valence-electron chi connectivity index (χ4n) is 2.71. The quantitative estimate of drug-likeness (QED) is 0.722. The van der Waals surface area contributed by atoms with Crippen molar-refractivity contribution in [3.63, 3.8) is 0 Å². The van der Waals surface area contributed by atoms with E-state index in [0.29, 0.717) is 0 Å². The van der Waals surface area contributed by atoms with Gasteiger partial charge in [0.25, 0.3) is 0 Å². The Hall–Kier alpha value is -2.36. The number of H-pyrrole nitrogens is 1. The predicted molar refractivity (Wildman–Crippen MR) is 76.3 cm³/mol. The molecule has 0 bridgehead atoms. The first-order valence-electron chi connectivity index (χ1n) is 6.45. The number of nitrogens with zero attached hydrogens (tertiary/aromatic N) is 3. The molecule has 4 heteroatoms. The molecule has 0 aliphatic carbocycles. The van der Waals surface area contributed by atoms with Gasteiger partial charge >= 0.3 is 0 Å². The van der Waals surface area contributed by atoms with Crippen molar-refractivity contribution in [2.45, 2.75) is 6.42 Å². The minimum atomic E-state index is 0.917. The fourth-order valence-corrected chi connectivity index (χ4v) is 2.71. The smallest absolute Gasteiger partial charge is 0.138 e. The zero-order chi connectivity index (χ0) is 12.8. The van der Waals surface area contributed by atoms with Crippen LogP contribution in [0.15, 0.2) is 36.7 Å². The first-order valence-corrected chi connectivity index (χ1v) is 6.45. The van der Waals surface area contributed by atoms with E-state index in [9.17, 15) is 0 Å². The highest BCUT2D eigenvalue weighted by Gasteiger charge is 2.16. The number of likely N-dealkylation sites (N-methyl/N-ethyl adjacent to an activating group) is 1. The second kappa shape index (κ2) is 3.82. The molecule has 0 saturated heterocycles. The third-order valence-electron chi connectivity index (χ3n) is 3.76. The lowest BCUT2D eigenvalue weighted by atomic mass is 10.1. The molecule has 0 atom stereocenters. The number of benzene rings is 1. The Bertz CT molecular complexity index is 727. The maximum atomic E-state index is 4.62. The molecule has 0 saturated carbocycles. The van der Waals surface area contributed by atoms with Crippen molar-refractivity contribution in [1.29, 1.82) is 0 Å². The lowest BCUT2D eigenvalue weighted by molar-refractivity contribution is 0.956. The Morgan fingerprint density at radius 2 is 2.21 bits per heavy atom. The SMILES string of the molecule is CN1CCc2cc(-c3nc4ccncc4[nH]3)ccc21. The second-order valence-corrected chi connectivity index (χ2v) is 4.99. The van der Waals surface area contributed by atoms with E-state index >= 15 is 0 Å². The van der Waals surface area contributed by atoms with E-state index in [1.807, 2.05) is 12.3 Å². The van der Waals surface area contributed by atoms with Crippen molar-refractivity contribution in [2.24, 2.45) is 0 Å². The van der Waals surface area contributed by atoms with Crippen LogP contribution in [0.3, 0.4) is 0 Å². The van der Waals surface area contributed by atoms with Crippen LogP contribution in [0.1, 0.15) is 5.56 Å². The number of rotatable bonds is 1. The molecule has 1 aliphatic rings. The molecule has 1 aromatic carbocycles. The minimum absolute atomic E-state index is 0.917. The molecule has 0 amide bonds. The molecule has 1 aliphatic heterocycles. The third kappa shape index (κ3) is 1.60. The number of aromatic nitrogens is 3. The largest absolute Gasteiger partial charge is 0.374 e. The van der Waals surface area contributed by atoms with Gasteiger partial charge in [-0.1, -0.05) is 0 Å². The average molecular weight is 250 g/mol. The van der Waals surface area contributed by atoms with Crippen molar-refractivity contribution in [2.75, 3.05) is 18.5 Å². The number of pyridine rings is 1. The molecule has 2 aromatic heterocycles. The minimum Gasteiger partial charge on any atom is -0.374 e. The Balaban J connectivity index is 1.84. The van der Waals surface area contributed by atoms with E-state index in [2.05, 4.69) is 45.1 Å². The van der Waals surface area contributed by atoms with Gasteiger partial charge in [0.15, 0.2) is 0 Å². The Morgan fingerprint density at radius 3 is 3.11 bits per heavy atom. The zero-order valence-electron chi connectivity index (χ0n) is 10.7. The number of nitrogens with one attached hydrogen (secondary N) is 1. The molecule has 3 aromatic rings. The first kappa shape index (κ1) is 10.6. The molecule has 4 nitrogen and oxygen atoms in total. The number of hydrogen-bond donors (Lipinski definition) is 1. The summed E-state index contributed by atoms with van der Waals surface area (Å²) in [5.74, 6) is 0.917. The zero-order valence-corrected chi connectivity index (χ0v) is 10.7. The van der Waals surface area contributed by atoms with Crippen LogP contribution < -0.4 is 4.90 Å². The van der Waals surface area contributed by atoms with E-state index < -0.39 is 0 Å². The molecule has 3 heterocycles. The monoisotopic (exact) mass is 250 g/mol. The van der Waals surface area contributed by atoms with Crippen molar-refractivity contribution >= 4 is 16.7 Å². The molecular weight excluding hydrogens is 236 g/mol. The summed E-state index contributed by atoms with van der Waals surface area (Å²) in [6.45, 7) is 1.10. The van der Waals surface area contributed by atoms with Crippen LogP contribution in [0.4, 0.5) is 5.69 Å². The molecular formula is C15H14N4. The fraction of sp³-hybridized carbons (Fsp3) is 0.200. The van der Waals surface area contributed by atoms with Gasteiger partial charge in [0, 0.05) is 31.0 Å². The molecule has 94 valence electrons. The molecule has 0 spiro atoms. The lowest BCUT2D eigenvalue weighted by Crippen LogP contribution is -2.12. The van der Waals surface area contributed by atoms with Gasteiger partial charge in [-0.05, 0) is 36.2 Å². The van der Waals surface area contributed by atoms with Crippen molar-refractivity contribution < 1.29 is 0 Å². The van der Waals surface area contributed by atoms with Gasteiger partial charge < -0.3 is 9.88 Å². The van der Waals surface area contributed by atoms with E-state index in [-0.39, 0.29) is 0 Å². The summed E-state index contributed by atoms with van der Waals surface area (Å²) in [6.07, 6.45) is 4.69. The number of imidazole rings is 1. The summed E-state index contributed by atoms with van der Waals surface area (Å²) in [5.41, 5.74) is 5.82. The van der Waals surface area contributed by atoms with Crippen LogP contribution in [0.5, 0.6) is 0 Å². The number of aromatic amines is 1. The van der Waals surface area contributed by atoms with Crippen LogP contribution in [0.2, 0.25) is 0 Å². The molecule has 4 rings (SSSR count). The van der Waals surface area contributed by atoms with Crippen LogP contribution in [-0.4, -0.2) is 28.5 Å². The highest BCUT2D eigenvalue weighted by Crippen LogP contribution is 2.30. The van der Waals surface area contributed by atoms with Crippen molar-refractivity contribution in [3.05, 3.63) is 42.2 Å². The average Bonchev–Trinajstić information content (AvgIpc) is 3.02. The predicted octanol–water partition coefficient (Wildman–Crippen LogP) is 2.62. The Labute approximate surface area is 111 Å². The number of hydrogen-bond acceptors (Lipinski definition) is 3. The molecule has 0 fully saturated rings. The summed E-state index contributed by atoms with van der Waals surface area (Å²) < 4.78 is 0. The first-order chi connectivity index (χ1) is 9.31. The van der Waals surface area contributed by atoms with Crippen LogP contribution in [-0.2, 0) is 6.42 Å². The van der Waals surface area contributed by atoms with E-state index in [0.717, 1.165) is 35.4 Å². The molecule has 19 heavy (non-hydrogen) atoms. The highest BCUT2D eigenvalue weighted by atomic mass is 15.1. The van der Waals surface area contributed by atoms with Crippen LogP contribution in [0, 0.1) is 0 Å². The van der Waals surface area contributed by atoms with Crippen molar-refractivity contribution in [1.82, 2.24) is 15.0 Å². The lowest BCUT2D eigenvalue weighted by Gasteiger charge is -2.11. The van der Waals surface area contributed by atoms with Gasteiger partial charge in [0.2, 0.25) is 0 Å². The van der Waals surface area contributed by atoms with Gasteiger partial charge in [0.1, 0.15) is 5.82 Å². The second-order valence-electron chi connectivity index (χ2n) is 4.99. The Kier molecular flexibility index (Phi) is 2.12. The number of anilines is 1. The van der Waals surface area contributed by atoms with Gasteiger partial charge in [-0.25, -0.2) is 4.98 Å². The van der Waals surface area contributed by atoms with Gasteiger partial charge in [-0.2, -0.15) is 0 Å². The molecule has 0 radical (unpaired) electrons. The summed E-state index contributed by atoms with van der Waals surface area (Å²) in [6, 6.07) is 8.48. The highest BCUT2D eigenvalue weighted by molar-refractivity contribution is 5.79. The van der Waals surface area contributed by atoms with Crippen molar-refractivity contribution in [3.8, 4) is 11.4 Å². The van der Waals surface area contributed by atoms with E-state index in [1.54, 1.807) is 6.20 Å². The number of fused-ring (bicyclic) bond motifs is 2. The maximum absolute atomic E-state index is 4.62. The summed E-state index contributed by atoms with van der Waals surface area (Å²) in [5, 5.41) is 0. The van der Waals surface area contributed by atoms with Gasteiger partial charge in [-0.15, -0.1) is 0 Å². The van der Waals surface area contributed by atoms with Gasteiger partial charge in [0.05, 0.1) is 17.2 Å².